The van der Waals surface area contributed by atoms with Crippen molar-refractivity contribution < 1.29 is 18.1 Å². The Morgan fingerprint density at radius 2 is 1.84 bits per heavy atom. The molecule has 0 saturated carbocycles. The summed E-state index contributed by atoms with van der Waals surface area (Å²) in [5, 5.41) is 12.1. The van der Waals surface area contributed by atoms with E-state index in [9.17, 15) is 23.3 Å². The van der Waals surface area contributed by atoms with Crippen LogP contribution in [0.2, 0.25) is 0 Å². The molecule has 1 aliphatic heterocycles. The van der Waals surface area contributed by atoms with E-state index in [0.717, 1.165) is 0 Å². The maximum absolute atomic E-state index is 13.1. The smallest absolute Gasteiger partial charge is 0.270 e. The lowest BCUT2D eigenvalue weighted by molar-refractivity contribution is -0.384. The second-order valence-corrected chi connectivity index (χ2v) is 9.34. The number of carbonyl (C=O) groups is 1. The highest BCUT2D eigenvalue weighted by molar-refractivity contribution is 7.89. The van der Waals surface area contributed by atoms with Gasteiger partial charge in [-0.15, -0.1) is 0 Å². The van der Waals surface area contributed by atoms with Crippen molar-refractivity contribution in [3.05, 3.63) is 64.6 Å². The summed E-state index contributed by atoms with van der Waals surface area (Å²) in [4.78, 5) is 35.3. The number of nitro groups is 1. The van der Waals surface area contributed by atoms with Crippen molar-refractivity contribution in [1.82, 2.24) is 24.2 Å². The van der Waals surface area contributed by atoms with Gasteiger partial charge < -0.3 is 14.9 Å². The maximum Gasteiger partial charge on any atom is 0.270 e. The van der Waals surface area contributed by atoms with Crippen LogP contribution in [0, 0.1) is 10.1 Å². The first kappa shape index (κ1) is 20.2. The van der Waals surface area contributed by atoms with E-state index >= 15 is 0 Å². The van der Waals surface area contributed by atoms with E-state index in [4.69, 9.17) is 0 Å². The summed E-state index contributed by atoms with van der Waals surface area (Å²) in [6, 6.07) is 7.67. The van der Waals surface area contributed by atoms with Crippen molar-refractivity contribution in [2.45, 2.75) is 4.90 Å². The highest BCUT2D eigenvalue weighted by atomic mass is 32.2. The monoisotopic (exact) mass is 454 g/mol. The molecule has 1 aromatic carbocycles. The number of carbonyl (C=O) groups excluding carboxylic acids is 1. The summed E-state index contributed by atoms with van der Waals surface area (Å²) in [5.74, 6) is -0.301. The van der Waals surface area contributed by atoms with Gasteiger partial charge in [0.2, 0.25) is 10.0 Å². The van der Waals surface area contributed by atoms with Crippen LogP contribution >= 0.6 is 0 Å². The van der Waals surface area contributed by atoms with Crippen LogP contribution in [-0.2, 0) is 10.0 Å². The first-order chi connectivity index (χ1) is 15.4. The minimum Gasteiger partial charge on any atom is -0.360 e. The predicted molar refractivity (Wildman–Crippen MR) is 116 cm³/mol. The highest BCUT2D eigenvalue weighted by Crippen LogP contribution is 2.27. The van der Waals surface area contributed by atoms with Gasteiger partial charge >= 0.3 is 0 Å². The van der Waals surface area contributed by atoms with Gasteiger partial charge in [0, 0.05) is 73.2 Å². The predicted octanol–water partition coefficient (Wildman–Crippen LogP) is 2.10. The molecule has 1 fully saturated rings. The van der Waals surface area contributed by atoms with Crippen LogP contribution in [0.4, 0.5) is 5.69 Å². The number of nitro benzene ring substituents is 1. The Balaban J connectivity index is 1.36. The number of nitrogens with one attached hydrogen (secondary N) is 2. The number of non-ortho nitro benzene ring substituents is 1. The number of H-pyrrole nitrogens is 2. The number of hydrogen-bond donors (Lipinski definition) is 2. The molecule has 2 N–H and O–H groups in total. The third kappa shape index (κ3) is 3.20. The molecule has 0 bridgehead atoms. The van der Waals surface area contributed by atoms with Crippen molar-refractivity contribution in [2.24, 2.45) is 0 Å². The van der Waals surface area contributed by atoms with Crippen molar-refractivity contribution >= 4 is 43.6 Å². The van der Waals surface area contributed by atoms with E-state index < -0.39 is 14.9 Å². The zero-order chi connectivity index (χ0) is 22.5. The molecule has 32 heavy (non-hydrogen) atoms. The van der Waals surface area contributed by atoms with Gasteiger partial charge in [-0.1, -0.05) is 0 Å². The number of amides is 1. The Kier molecular flexibility index (Phi) is 4.68. The fraction of sp³-hybridized carbons (Fsp3) is 0.200. The summed E-state index contributed by atoms with van der Waals surface area (Å²) >= 11 is 0. The quantitative estimate of drug-likeness (QED) is 0.357. The zero-order valence-corrected chi connectivity index (χ0v) is 17.5. The molecule has 4 heterocycles. The number of aromatic nitrogens is 3. The molecule has 1 aliphatic rings. The van der Waals surface area contributed by atoms with E-state index in [1.54, 1.807) is 29.3 Å². The molecule has 1 saturated heterocycles. The fourth-order valence-electron chi connectivity index (χ4n) is 3.98. The fourth-order valence-corrected chi connectivity index (χ4v) is 5.56. The zero-order valence-electron chi connectivity index (χ0n) is 16.7. The minimum absolute atomic E-state index is 0.102. The number of fused-ring (bicyclic) bond motifs is 2. The van der Waals surface area contributed by atoms with Crippen LogP contribution < -0.4 is 0 Å². The third-order valence-electron chi connectivity index (χ3n) is 5.66. The van der Waals surface area contributed by atoms with Gasteiger partial charge in [0.1, 0.15) is 10.5 Å². The number of benzene rings is 1. The van der Waals surface area contributed by atoms with E-state index in [1.165, 1.54) is 28.8 Å². The molecule has 12 heteroatoms. The Bertz CT molecular complexity index is 1470. The first-order valence-electron chi connectivity index (χ1n) is 9.83. The number of piperazine rings is 1. The van der Waals surface area contributed by atoms with Crippen molar-refractivity contribution in [3.8, 4) is 0 Å². The van der Waals surface area contributed by atoms with Gasteiger partial charge in [-0.05, 0) is 18.2 Å². The topological polar surface area (TPSA) is 145 Å². The van der Waals surface area contributed by atoms with Gasteiger partial charge in [0.15, 0.2) is 0 Å². The molecule has 0 atom stereocenters. The molecule has 1 amide bonds. The van der Waals surface area contributed by atoms with E-state index in [1.807, 2.05) is 0 Å². The molecule has 3 aromatic heterocycles. The average molecular weight is 454 g/mol. The highest BCUT2D eigenvalue weighted by Gasteiger charge is 2.32. The SMILES string of the molecule is O=C(c1c[nH]c2ccc([N+](=O)[O-])cc12)N1CCN(S(=O)(=O)c2c[nH]c3ncccc23)CC1. The number of pyridine rings is 1. The van der Waals surface area contributed by atoms with Gasteiger partial charge in [-0.3, -0.25) is 14.9 Å². The van der Waals surface area contributed by atoms with Gasteiger partial charge in [0.05, 0.1) is 10.5 Å². The molecule has 5 rings (SSSR count). The third-order valence-corrected chi connectivity index (χ3v) is 7.60. The standard InChI is InChI=1S/C20H18N6O5S/c27-20(16-11-22-17-4-3-13(26(28)29)10-15(16)17)24-6-8-25(9-7-24)32(30,31)18-12-23-19-14(18)2-1-5-21-19/h1-5,10-12,22H,6-9H2,(H,21,23). The van der Waals surface area contributed by atoms with E-state index in [-0.39, 0.29) is 42.7 Å². The van der Waals surface area contributed by atoms with Crippen molar-refractivity contribution in [2.75, 3.05) is 26.2 Å². The van der Waals surface area contributed by atoms with E-state index in [2.05, 4.69) is 15.0 Å². The number of sulfonamides is 1. The second kappa shape index (κ2) is 7.43. The number of aromatic amines is 2. The van der Waals surface area contributed by atoms with Crippen LogP contribution in [-0.4, -0.2) is 69.6 Å². The average Bonchev–Trinajstić information content (AvgIpc) is 3.43. The Morgan fingerprint density at radius 1 is 1.06 bits per heavy atom. The number of nitrogens with zero attached hydrogens (tertiary/aromatic N) is 4. The molecular formula is C20H18N6O5S. The molecule has 0 unspecified atom stereocenters. The van der Waals surface area contributed by atoms with E-state index in [0.29, 0.717) is 27.5 Å². The number of hydrogen-bond acceptors (Lipinski definition) is 6. The maximum atomic E-state index is 13.1. The molecular weight excluding hydrogens is 436 g/mol. The number of rotatable bonds is 4. The van der Waals surface area contributed by atoms with Gasteiger partial charge in [-0.25, -0.2) is 13.4 Å². The molecule has 0 aliphatic carbocycles. The van der Waals surface area contributed by atoms with Crippen LogP contribution in [0.5, 0.6) is 0 Å². The second-order valence-electron chi connectivity index (χ2n) is 7.44. The summed E-state index contributed by atoms with van der Waals surface area (Å²) in [7, 11) is -3.76. The lowest BCUT2D eigenvalue weighted by Gasteiger charge is -2.33. The van der Waals surface area contributed by atoms with Crippen LogP contribution in [0.3, 0.4) is 0 Å². The molecule has 11 nitrogen and oxygen atoms in total. The summed E-state index contributed by atoms with van der Waals surface area (Å²) in [6.45, 7) is 0.702. The first-order valence-corrected chi connectivity index (χ1v) is 11.3. The molecule has 0 radical (unpaired) electrons. The summed E-state index contributed by atoms with van der Waals surface area (Å²) in [5.41, 5.74) is 1.33. The minimum atomic E-state index is -3.76. The van der Waals surface area contributed by atoms with Crippen molar-refractivity contribution in [1.29, 1.82) is 0 Å². The molecule has 164 valence electrons. The van der Waals surface area contributed by atoms with Crippen LogP contribution in [0.15, 0.2) is 53.8 Å². The normalized spacial score (nSPS) is 15.4. The van der Waals surface area contributed by atoms with Crippen LogP contribution in [0.25, 0.3) is 21.9 Å². The Labute approximate surface area is 181 Å². The van der Waals surface area contributed by atoms with Crippen molar-refractivity contribution in [3.63, 3.8) is 0 Å². The summed E-state index contributed by atoms with van der Waals surface area (Å²) in [6.07, 6.45) is 4.54. The largest absolute Gasteiger partial charge is 0.360 e. The lowest BCUT2D eigenvalue weighted by atomic mass is 10.1. The Hall–Kier alpha value is -3.77. The van der Waals surface area contributed by atoms with Gasteiger partial charge in [0.25, 0.3) is 11.6 Å². The molecule has 0 spiro atoms. The van der Waals surface area contributed by atoms with Crippen LogP contribution in [0.1, 0.15) is 10.4 Å². The summed E-state index contributed by atoms with van der Waals surface area (Å²) < 4.78 is 27.7. The Morgan fingerprint density at radius 3 is 2.59 bits per heavy atom. The van der Waals surface area contributed by atoms with Gasteiger partial charge in [-0.2, -0.15) is 4.31 Å². The molecule has 4 aromatic rings. The lowest BCUT2D eigenvalue weighted by Crippen LogP contribution is -2.50.